The topological polar surface area (TPSA) is 0 Å². The lowest BCUT2D eigenvalue weighted by molar-refractivity contribution is 1.83. The molecule has 0 heterocycles. The smallest absolute Gasteiger partial charge is 0.0376 e. The molecule has 2 heteroatoms. The highest BCUT2D eigenvalue weighted by Crippen LogP contribution is 1.90. The van der Waals surface area contributed by atoms with Gasteiger partial charge in [0.1, 0.15) is 0 Å². The third-order valence-electron chi connectivity index (χ3n) is 0.0583. The molecule has 0 aliphatic heterocycles. The van der Waals surface area contributed by atoms with E-state index in [9.17, 15) is 0 Å². The molecule has 0 aliphatic carbocycles. The van der Waals surface area contributed by atoms with E-state index in [1.54, 1.807) is 0 Å². The summed E-state index contributed by atoms with van der Waals surface area (Å²) < 4.78 is 0. The summed E-state index contributed by atoms with van der Waals surface area (Å²) in [4.78, 5) is 0. The summed E-state index contributed by atoms with van der Waals surface area (Å²) in [5.41, 5.74) is 0. The van der Waals surface area contributed by atoms with Gasteiger partial charge in [-0.2, -0.15) is 0 Å². The maximum absolute atomic E-state index is 3.15. The molecule has 0 aliphatic rings. The predicted molar refractivity (Wildman–Crippen MR) is 27.0 cm³/mol. The Balaban J connectivity index is 1.97. The van der Waals surface area contributed by atoms with Crippen LogP contribution in [0.2, 0.25) is 0 Å². The standard InChI is InChI=1S/C2H3Br2/c3-1-2-4/h1H,2H2. The molecule has 0 nitrogen and oxygen atoms in total. The number of hydrogen-bond acceptors (Lipinski definition) is 0. The molecule has 0 aromatic rings. The molecule has 0 rings (SSSR count). The highest BCUT2D eigenvalue weighted by Gasteiger charge is 1.62. The third kappa shape index (κ3) is 2.96. The maximum atomic E-state index is 3.15. The predicted octanol–water partition coefficient (Wildman–Crippen LogP) is 1.94. The van der Waals surface area contributed by atoms with Gasteiger partial charge in [0.25, 0.3) is 0 Å². The Morgan fingerprint density at radius 2 is 2.00 bits per heavy atom. The van der Waals surface area contributed by atoms with Crippen LogP contribution < -0.4 is 0 Å². The Labute approximate surface area is 42.8 Å². The van der Waals surface area contributed by atoms with Gasteiger partial charge in [-0.15, -0.1) is 0 Å². The molecule has 0 saturated carbocycles. The first-order chi connectivity index (χ1) is 1.91. The van der Waals surface area contributed by atoms with Crippen LogP contribution in [0.25, 0.3) is 0 Å². The zero-order valence-electron chi connectivity index (χ0n) is 2.04. The van der Waals surface area contributed by atoms with Crippen molar-refractivity contribution in [3.05, 3.63) is 5.33 Å². The molecule has 0 fully saturated rings. The van der Waals surface area contributed by atoms with E-state index in [0.29, 0.717) is 0 Å². The summed E-state index contributed by atoms with van der Waals surface area (Å²) in [5, 5.41) is 2.78. The van der Waals surface area contributed by atoms with Crippen LogP contribution in [0, 0.1) is 5.33 Å². The average Bonchev–Trinajstić information content (AvgIpc) is 1.37. The SMILES string of the molecule is Br[CH]CBr. The van der Waals surface area contributed by atoms with E-state index < -0.39 is 0 Å². The molecular formula is C2H3Br2. The third-order valence-corrected chi connectivity index (χ3v) is 1.57. The van der Waals surface area contributed by atoms with Gasteiger partial charge in [-0.25, -0.2) is 0 Å². The molecule has 0 saturated heterocycles. The van der Waals surface area contributed by atoms with Crippen molar-refractivity contribution in [2.24, 2.45) is 0 Å². The zero-order valence-corrected chi connectivity index (χ0v) is 5.21. The van der Waals surface area contributed by atoms with Crippen molar-refractivity contribution in [1.29, 1.82) is 0 Å². The Morgan fingerprint density at radius 1 is 1.75 bits per heavy atom. The van der Waals surface area contributed by atoms with Crippen LogP contribution in [0.15, 0.2) is 0 Å². The molecule has 0 atom stereocenters. The second-order valence-corrected chi connectivity index (χ2v) is 1.60. The fraction of sp³-hybridized carbons (Fsp3) is 0.500. The number of rotatable bonds is 1. The Hall–Kier alpha value is 0.960. The summed E-state index contributed by atoms with van der Waals surface area (Å²) >= 11 is 6.22. The fourth-order valence-corrected chi connectivity index (χ4v) is 0. The van der Waals surface area contributed by atoms with Gasteiger partial charge in [0.15, 0.2) is 0 Å². The second kappa shape index (κ2) is 3.96. The van der Waals surface area contributed by atoms with Gasteiger partial charge in [0.2, 0.25) is 0 Å². The molecule has 0 N–H and O–H groups in total. The average molecular weight is 187 g/mol. The van der Waals surface area contributed by atoms with Gasteiger partial charge in [-0.3, -0.25) is 0 Å². The van der Waals surface area contributed by atoms with E-state index in [-0.39, 0.29) is 0 Å². The summed E-state index contributed by atoms with van der Waals surface area (Å²) in [6.45, 7) is 0. The highest BCUT2D eigenvalue weighted by atomic mass is 79.9. The Kier molecular flexibility index (Phi) is 4.91. The summed E-state index contributed by atoms with van der Waals surface area (Å²) in [6, 6.07) is 0. The van der Waals surface area contributed by atoms with Gasteiger partial charge < -0.3 is 0 Å². The minimum atomic E-state index is 0.924. The van der Waals surface area contributed by atoms with Crippen molar-refractivity contribution in [2.75, 3.05) is 5.33 Å². The molecule has 0 aromatic heterocycles. The van der Waals surface area contributed by atoms with Crippen molar-refractivity contribution in [3.8, 4) is 0 Å². The maximum Gasteiger partial charge on any atom is 0.0376 e. The molecular weight excluding hydrogens is 184 g/mol. The monoisotopic (exact) mass is 185 g/mol. The molecule has 0 unspecified atom stereocenters. The highest BCUT2D eigenvalue weighted by molar-refractivity contribution is 9.12. The van der Waals surface area contributed by atoms with Crippen LogP contribution in [0.1, 0.15) is 0 Å². The van der Waals surface area contributed by atoms with Crippen LogP contribution in [-0.2, 0) is 0 Å². The van der Waals surface area contributed by atoms with E-state index in [2.05, 4.69) is 31.9 Å². The second-order valence-electron chi connectivity index (χ2n) is 0.309. The molecule has 1 radical (unpaired) electrons. The number of alkyl halides is 1. The van der Waals surface area contributed by atoms with Gasteiger partial charge in [-0.1, -0.05) is 31.9 Å². The van der Waals surface area contributed by atoms with Gasteiger partial charge in [0.05, 0.1) is 0 Å². The van der Waals surface area contributed by atoms with Gasteiger partial charge in [-0.05, 0) is 0 Å². The lowest BCUT2D eigenvalue weighted by Gasteiger charge is -1.62. The van der Waals surface area contributed by atoms with E-state index in [0.717, 1.165) is 5.33 Å². The fourth-order valence-electron chi connectivity index (χ4n) is 0. The molecule has 25 valence electrons. The van der Waals surface area contributed by atoms with Crippen LogP contribution in [-0.4, -0.2) is 5.33 Å². The Morgan fingerprint density at radius 3 is 2.00 bits per heavy atom. The number of hydrogen-bond donors (Lipinski definition) is 0. The summed E-state index contributed by atoms with van der Waals surface area (Å²) in [5.74, 6) is 0. The normalized spacial score (nSPS) is 7.50. The van der Waals surface area contributed by atoms with E-state index in [1.807, 2.05) is 5.33 Å². The molecule has 0 bridgehead atoms. The van der Waals surface area contributed by atoms with E-state index >= 15 is 0 Å². The van der Waals surface area contributed by atoms with Crippen molar-refractivity contribution in [3.63, 3.8) is 0 Å². The first-order valence-electron chi connectivity index (χ1n) is 0.894. The largest absolute Gasteiger partial charge is 0.0916 e. The minimum absolute atomic E-state index is 0.924. The van der Waals surface area contributed by atoms with Gasteiger partial charge in [0, 0.05) is 10.7 Å². The molecule has 0 amide bonds. The van der Waals surface area contributed by atoms with Crippen molar-refractivity contribution < 1.29 is 0 Å². The summed E-state index contributed by atoms with van der Waals surface area (Å²) in [7, 11) is 0. The molecule has 0 spiro atoms. The first-order valence-corrected chi connectivity index (χ1v) is 2.93. The van der Waals surface area contributed by atoms with Crippen LogP contribution in [0.3, 0.4) is 0 Å². The van der Waals surface area contributed by atoms with Gasteiger partial charge >= 0.3 is 0 Å². The van der Waals surface area contributed by atoms with Crippen molar-refractivity contribution in [2.45, 2.75) is 0 Å². The van der Waals surface area contributed by atoms with E-state index in [1.165, 1.54) is 0 Å². The van der Waals surface area contributed by atoms with Crippen LogP contribution in [0.5, 0.6) is 0 Å². The lowest BCUT2D eigenvalue weighted by Crippen LogP contribution is -1.50. The lowest BCUT2D eigenvalue weighted by atomic mass is 11.0. The molecule has 0 aromatic carbocycles. The first kappa shape index (κ1) is 4.96. The van der Waals surface area contributed by atoms with Crippen LogP contribution in [0.4, 0.5) is 0 Å². The minimum Gasteiger partial charge on any atom is -0.0916 e. The van der Waals surface area contributed by atoms with Crippen molar-refractivity contribution >= 4 is 31.9 Å². The molecule has 4 heavy (non-hydrogen) atoms. The summed E-state index contributed by atoms with van der Waals surface area (Å²) in [6.07, 6.45) is 0. The number of halogens is 2. The zero-order chi connectivity index (χ0) is 3.41. The quantitative estimate of drug-likeness (QED) is 0.550. The van der Waals surface area contributed by atoms with Crippen LogP contribution >= 0.6 is 31.9 Å². The van der Waals surface area contributed by atoms with E-state index in [4.69, 9.17) is 0 Å². The van der Waals surface area contributed by atoms with Crippen molar-refractivity contribution in [1.82, 2.24) is 0 Å². The Bertz CT molecular complexity index is 6.00.